The molecule has 4 amide bonds. The number of benzene rings is 6. The monoisotopic (exact) mass is 1010 g/mol. The summed E-state index contributed by atoms with van der Waals surface area (Å²) >= 11 is 0. The largest absolute Gasteiger partial charge is 0.352 e. The second-order valence-corrected chi connectivity index (χ2v) is 20.5. The van der Waals surface area contributed by atoms with Gasteiger partial charge in [0.15, 0.2) is 0 Å². The Hall–Kier alpha value is -7.24. The third kappa shape index (κ3) is 14.5. The predicted molar refractivity (Wildman–Crippen MR) is 296 cm³/mol. The van der Waals surface area contributed by atoms with Crippen molar-refractivity contribution in [3.05, 3.63) is 191 Å². The molecule has 2 atom stereocenters. The molecule has 2 unspecified atom stereocenters. The normalized spacial score (nSPS) is 15.7. The molecular formula is C64H73N5O6. The number of Topliss-reactive ketones (excluding diaryl/α,β-unsaturated/α-hetero) is 2. The Bertz CT molecular complexity index is 2750. The van der Waals surface area contributed by atoms with Gasteiger partial charge >= 0.3 is 0 Å². The molecule has 8 rings (SSSR count). The fourth-order valence-electron chi connectivity index (χ4n) is 11.2. The number of fused-ring (bicyclic) bond motifs is 1. The van der Waals surface area contributed by atoms with E-state index >= 15 is 0 Å². The number of hydrazine groups is 1. The van der Waals surface area contributed by atoms with Gasteiger partial charge in [-0.15, -0.1) is 0 Å². The topological polar surface area (TPSA) is 150 Å². The molecule has 0 aromatic heterocycles. The summed E-state index contributed by atoms with van der Waals surface area (Å²) in [4.78, 5) is 89.4. The quantitative estimate of drug-likeness (QED) is 0.0201. The van der Waals surface area contributed by atoms with Gasteiger partial charge in [0.25, 0.3) is 29.3 Å². The Morgan fingerprint density at radius 2 is 0.840 bits per heavy atom. The number of nitrogens with zero attached hydrogens (tertiary/aromatic N) is 3. The van der Waals surface area contributed by atoms with E-state index in [1.54, 1.807) is 36.4 Å². The second kappa shape index (κ2) is 27.3. The first-order valence-electron chi connectivity index (χ1n) is 27.4. The minimum Gasteiger partial charge on any atom is -0.352 e. The second-order valence-electron chi connectivity index (χ2n) is 20.5. The molecule has 2 fully saturated rings. The zero-order valence-corrected chi connectivity index (χ0v) is 43.3. The van der Waals surface area contributed by atoms with E-state index in [2.05, 4.69) is 53.8 Å². The van der Waals surface area contributed by atoms with Crippen molar-refractivity contribution in [3.8, 4) is 0 Å². The van der Waals surface area contributed by atoms with E-state index in [0.29, 0.717) is 55.7 Å². The van der Waals surface area contributed by atoms with Gasteiger partial charge in [0.05, 0.1) is 0 Å². The Labute approximate surface area is 442 Å². The number of piperidine rings is 2. The zero-order chi connectivity index (χ0) is 52.4. The first-order chi connectivity index (χ1) is 36.7. The van der Waals surface area contributed by atoms with E-state index in [1.807, 2.05) is 72.8 Å². The van der Waals surface area contributed by atoms with Gasteiger partial charge in [-0.25, -0.2) is 5.84 Å². The van der Waals surface area contributed by atoms with Crippen LogP contribution in [0.1, 0.15) is 133 Å². The molecule has 2 heterocycles. The average Bonchev–Trinajstić information content (AvgIpc) is 3.46. The molecule has 0 aliphatic carbocycles. The van der Waals surface area contributed by atoms with Crippen molar-refractivity contribution in [3.63, 3.8) is 0 Å². The van der Waals surface area contributed by atoms with Crippen molar-refractivity contribution in [2.24, 2.45) is 5.84 Å². The lowest BCUT2D eigenvalue weighted by molar-refractivity contribution is -0.147. The number of hydrogen-bond acceptors (Lipinski definition) is 7. The maximum Gasteiger partial charge on any atom is 0.295 e. The van der Waals surface area contributed by atoms with E-state index in [-0.39, 0.29) is 48.1 Å². The summed E-state index contributed by atoms with van der Waals surface area (Å²) in [5, 5.41) is 5.33. The number of carbonyl (C=O) groups is 6. The summed E-state index contributed by atoms with van der Waals surface area (Å²) in [6.07, 6.45) is 13.3. The fourth-order valence-corrected chi connectivity index (χ4v) is 11.2. The Morgan fingerprint density at radius 1 is 0.467 bits per heavy atom. The van der Waals surface area contributed by atoms with Gasteiger partial charge in [0.2, 0.25) is 5.91 Å². The summed E-state index contributed by atoms with van der Waals surface area (Å²) in [5.74, 6) is 2.98. The number of nitrogens with one attached hydrogen (secondary N) is 1. The maximum atomic E-state index is 14.5. The molecule has 75 heavy (non-hydrogen) atoms. The van der Waals surface area contributed by atoms with Crippen LogP contribution in [0.4, 0.5) is 0 Å². The molecule has 0 radical (unpaired) electrons. The molecule has 6 aromatic rings. The zero-order valence-electron chi connectivity index (χ0n) is 43.3. The highest BCUT2D eigenvalue weighted by molar-refractivity contribution is 6.47. The lowest BCUT2D eigenvalue weighted by Gasteiger charge is -2.38. The SMILES string of the molecule is NN(C(=O)C1CCCCN1C(=O)C(=O)c1cccc2c(C(=O)C(=O)N3CCCCC3C(=O)NC(CCCc3ccccc3)CCCc3ccccc3)cccc12)C(CCCc1ccccc1)CCCc1ccccc1. The van der Waals surface area contributed by atoms with E-state index in [9.17, 15) is 28.8 Å². The maximum absolute atomic E-state index is 14.5. The summed E-state index contributed by atoms with van der Waals surface area (Å²) in [5.41, 5.74) is 5.07. The van der Waals surface area contributed by atoms with Crippen LogP contribution in [0.15, 0.2) is 158 Å². The van der Waals surface area contributed by atoms with Gasteiger partial charge in [0.1, 0.15) is 12.1 Å². The number of nitrogens with two attached hydrogens (primary N) is 1. The third-order valence-electron chi connectivity index (χ3n) is 15.3. The Morgan fingerprint density at radius 3 is 1.25 bits per heavy atom. The van der Waals surface area contributed by atoms with Crippen LogP contribution < -0.4 is 11.2 Å². The molecule has 11 nitrogen and oxygen atoms in total. The van der Waals surface area contributed by atoms with Crippen LogP contribution in [0.3, 0.4) is 0 Å². The molecule has 2 saturated heterocycles. The molecule has 11 heteroatoms. The van der Waals surface area contributed by atoms with Crippen LogP contribution in [-0.2, 0) is 44.9 Å². The van der Waals surface area contributed by atoms with Gasteiger partial charge in [-0.05, 0) is 149 Å². The van der Waals surface area contributed by atoms with E-state index in [0.717, 1.165) is 70.6 Å². The fraction of sp³-hybridized carbons (Fsp3) is 0.375. The number of rotatable bonds is 24. The Balaban J connectivity index is 0.946. The van der Waals surface area contributed by atoms with Crippen molar-refractivity contribution in [1.29, 1.82) is 0 Å². The highest BCUT2D eigenvalue weighted by Crippen LogP contribution is 2.29. The number of hydrogen-bond donors (Lipinski definition) is 2. The molecule has 3 N–H and O–H groups in total. The molecule has 2 aliphatic heterocycles. The van der Waals surface area contributed by atoms with Crippen molar-refractivity contribution in [2.45, 2.75) is 140 Å². The average molecular weight is 1010 g/mol. The van der Waals surface area contributed by atoms with Crippen molar-refractivity contribution < 1.29 is 28.8 Å². The number of carbonyl (C=O) groups excluding carboxylic acids is 6. The number of amides is 4. The molecule has 0 spiro atoms. The van der Waals surface area contributed by atoms with Crippen LogP contribution >= 0.6 is 0 Å². The van der Waals surface area contributed by atoms with Crippen LogP contribution in [0.25, 0.3) is 10.8 Å². The van der Waals surface area contributed by atoms with Crippen LogP contribution in [-0.4, -0.2) is 87.3 Å². The number of likely N-dealkylation sites (tertiary alicyclic amines) is 2. The van der Waals surface area contributed by atoms with Gasteiger partial charge in [-0.3, -0.25) is 33.8 Å². The minimum atomic E-state index is -0.913. The number of aryl methyl sites for hydroxylation is 4. The van der Waals surface area contributed by atoms with Crippen LogP contribution in [0.2, 0.25) is 0 Å². The van der Waals surface area contributed by atoms with Gasteiger partial charge in [-0.1, -0.05) is 158 Å². The van der Waals surface area contributed by atoms with Gasteiger partial charge in [0, 0.05) is 36.3 Å². The highest BCUT2D eigenvalue weighted by Gasteiger charge is 2.40. The van der Waals surface area contributed by atoms with Crippen molar-refractivity contribution >= 4 is 46.0 Å². The lowest BCUT2D eigenvalue weighted by Crippen LogP contribution is -2.58. The predicted octanol–water partition coefficient (Wildman–Crippen LogP) is 10.6. The van der Waals surface area contributed by atoms with Crippen molar-refractivity contribution in [1.82, 2.24) is 20.1 Å². The lowest BCUT2D eigenvalue weighted by atomic mass is 9.93. The number of ketones is 2. The Kier molecular flexibility index (Phi) is 19.7. The smallest absolute Gasteiger partial charge is 0.295 e. The van der Waals surface area contributed by atoms with Crippen molar-refractivity contribution in [2.75, 3.05) is 13.1 Å². The highest BCUT2D eigenvalue weighted by atomic mass is 16.2. The molecule has 0 bridgehead atoms. The van der Waals surface area contributed by atoms with Gasteiger partial charge < -0.3 is 15.1 Å². The summed E-state index contributed by atoms with van der Waals surface area (Å²) in [7, 11) is 0. The van der Waals surface area contributed by atoms with Crippen LogP contribution in [0, 0.1) is 0 Å². The summed E-state index contributed by atoms with van der Waals surface area (Å²) in [6.45, 7) is 0.480. The molecule has 390 valence electrons. The summed E-state index contributed by atoms with van der Waals surface area (Å²) in [6, 6.07) is 48.6. The van der Waals surface area contributed by atoms with Crippen LogP contribution in [0.5, 0.6) is 0 Å². The summed E-state index contributed by atoms with van der Waals surface area (Å²) < 4.78 is 0. The van der Waals surface area contributed by atoms with E-state index in [1.165, 1.54) is 37.1 Å². The minimum absolute atomic E-state index is 0.0708. The molecular weight excluding hydrogens is 935 g/mol. The standard InChI is InChI=1S/C64H73N5O6/c65-69(52(37-19-33-49-27-9-3-10-28-49)38-20-34-50-29-11-4-12-30-50)62(73)58-44-14-16-46-68(58)64(75)60(71)56-42-22-39-53-54(56)40-21-41-55(53)59(70)63(74)67-45-15-13-43-57(67)61(72)66-51(35-17-31-47-23-5-1-6-24-47)36-18-32-48-25-7-2-8-26-48/h1-12,21-30,39-42,51-52,57-58H,13-20,31-38,43-46,65H2,(H,66,72). The van der Waals surface area contributed by atoms with E-state index < -0.39 is 35.5 Å². The first-order valence-corrected chi connectivity index (χ1v) is 27.4. The molecule has 0 saturated carbocycles. The molecule has 2 aliphatic rings. The first kappa shape index (κ1) is 54.0. The molecule has 6 aromatic carbocycles. The third-order valence-corrected chi connectivity index (χ3v) is 15.3. The van der Waals surface area contributed by atoms with Gasteiger partial charge in [-0.2, -0.15) is 0 Å². The van der Waals surface area contributed by atoms with E-state index in [4.69, 9.17) is 5.84 Å².